The molecule has 0 saturated carbocycles. The van der Waals surface area contributed by atoms with E-state index in [0.29, 0.717) is 6.42 Å². The van der Waals surface area contributed by atoms with Gasteiger partial charge >= 0.3 is 12.1 Å². The van der Waals surface area contributed by atoms with E-state index < -0.39 is 23.5 Å². The number of amides is 5. The maximum atomic E-state index is 11.4. The smallest absolute Gasteiger partial charge is 0.332 e. The summed E-state index contributed by atoms with van der Waals surface area (Å²) in [4.78, 5) is 32.6. The van der Waals surface area contributed by atoms with Gasteiger partial charge in [0.05, 0.1) is 6.21 Å². The van der Waals surface area contributed by atoms with Crippen LogP contribution >= 0.6 is 0 Å². The van der Waals surface area contributed by atoms with Gasteiger partial charge in [0, 0.05) is 0 Å². The lowest BCUT2D eigenvalue weighted by Gasteiger charge is -2.17. The Kier molecular flexibility index (Phi) is 2.88. The average Bonchev–Trinajstić information content (AvgIpc) is 2.41. The molecule has 1 heterocycles. The number of imide groups is 1. The molecule has 0 spiro atoms. The minimum absolute atomic E-state index is 0.314. The second-order valence-electron chi connectivity index (χ2n) is 2.97. The van der Waals surface area contributed by atoms with Crippen molar-refractivity contribution in [2.45, 2.75) is 18.9 Å². The molecule has 1 aliphatic heterocycles. The van der Waals surface area contributed by atoms with Gasteiger partial charge in [-0.1, -0.05) is 6.92 Å². The maximum Gasteiger partial charge on any atom is 0.332 e. The molecule has 0 aliphatic carbocycles. The Balaban J connectivity index is 2.77. The molecule has 0 unspecified atom stereocenters. The molecule has 5 N–H and O–H groups in total. The first-order valence-electron chi connectivity index (χ1n) is 4.23. The van der Waals surface area contributed by atoms with Crippen LogP contribution < -0.4 is 21.8 Å². The van der Waals surface area contributed by atoms with Crippen LogP contribution in [0.1, 0.15) is 13.3 Å². The number of urea groups is 2. The molecule has 0 radical (unpaired) electrons. The van der Waals surface area contributed by atoms with Crippen LogP contribution in [0.4, 0.5) is 9.59 Å². The van der Waals surface area contributed by atoms with Gasteiger partial charge in [-0.25, -0.2) is 15.0 Å². The SMILES string of the molecule is CC[C@]1(/C=N\NC(N)=O)NC(=O)NC1=O. The first kappa shape index (κ1) is 11.0. The van der Waals surface area contributed by atoms with Crippen molar-refractivity contribution in [1.82, 2.24) is 16.1 Å². The molecule has 15 heavy (non-hydrogen) atoms. The summed E-state index contributed by atoms with van der Waals surface area (Å²) in [5, 5.41) is 7.93. The van der Waals surface area contributed by atoms with E-state index in [-0.39, 0.29) is 0 Å². The second-order valence-corrected chi connectivity index (χ2v) is 2.97. The Hall–Kier alpha value is -2.12. The van der Waals surface area contributed by atoms with E-state index in [1.165, 1.54) is 0 Å². The molecule has 8 heteroatoms. The molecule has 1 fully saturated rings. The number of nitrogens with one attached hydrogen (secondary N) is 3. The molecular formula is C7H11N5O3. The fourth-order valence-electron chi connectivity index (χ4n) is 1.14. The van der Waals surface area contributed by atoms with E-state index in [9.17, 15) is 14.4 Å². The van der Waals surface area contributed by atoms with Gasteiger partial charge in [-0.15, -0.1) is 0 Å². The van der Waals surface area contributed by atoms with E-state index in [4.69, 9.17) is 5.73 Å². The molecule has 1 saturated heterocycles. The Morgan fingerprint density at radius 3 is 2.73 bits per heavy atom. The van der Waals surface area contributed by atoms with Crippen molar-refractivity contribution in [3.8, 4) is 0 Å². The predicted octanol–water partition coefficient (Wildman–Crippen LogP) is -1.37. The van der Waals surface area contributed by atoms with E-state index in [1.54, 1.807) is 6.92 Å². The molecule has 0 aromatic carbocycles. The molecule has 8 nitrogen and oxygen atoms in total. The van der Waals surface area contributed by atoms with Crippen LogP contribution in [-0.4, -0.2) is 29.7 Å². The largest absolute Gasteiger partial charge is 0.350 e. The van der Waals surface area contributed by atoms with Crippen LogP contribution in [0.25, 0.3) is 0 Å². The van der Waals surface area contributed by atoms with E-state index in [1.807, 2.05) is 5.43 Å². The van der Waals surface area contributed by atoms with Gasteiger partial charge in [-0.2, -0.15) is 5.10 Å². The number of hydrogen-bond acceptors (Lipinski definition) is 4. The number of nitrogens with two attached hydrogens (primary N) is 1. The van der Waals surface area contributed by atoms with E-state index in [2.05, 4.69) is 15.7 Å². The zero-order valence-electron chi connectivity index (χ0n) is 8.03. The lowest BCUT2D eigenvalue weighted by atomic mass is 9.99. The first-order valence-corrected chi connectivity index (χ1v) is 4.23. The van der Waals surface area contributed by atoms with Crippen LogP contribution in [0.5, 0.6) is 0 Å². The molecule has 0 bridgehead atoms. The van der Waals surface area contributed by atoms with Crippen molar-refractivity contribution in [3.63, 3.8) is 0 Å². The monoisotopic (exact) mass is 213 g/mol. The molecule has 82 valence electrons. The van der Waals surface area contributed by atoms with Crippen molar-refractivity contribution >= 4 is 24.2 Å². The zero-order valence-corrected chi connectivity index (χ0v) is 8.03. The summed E-state index contributed by atoms with van der Waals surface area (Å²) in [6, 6.07) is -1.44. The molecular weight excluding hydrogens is 202 g/mol. The van der Waals surface area contributed by atoms with Crippen molar-refractivity contribution in [2.75, 3.05) is 0 Å². The number of hydrazone groups is 1. The molecule has 1 aliphatic rings. The molecule has 5 amide bonds. The van der Waals surface area contributed by atoms with Gasteiger partial charge in [0.15, 0.2) is 5.54 Å². The Morgan fingerprint density at radius 2 is 2.33 bits per heavy atom. The van der Waals surface area contributed by atoms with Crippen LogP contribution in [0.2, 0.25) is 0 Å². The highest BCUT2D eigenvalue weighted by Gasteiger charge is 2.43. The summed E-state index contributed by atoms with van der Waals surface area (Å²) in [5.74, 6) is -0.509. The van der Waals surface area contributed by atoms with Crippen LogP contribution in [-0.2, 0) is 4.79 Å². The second kappa shape index (κ2) is 3.95. The normalized spacial score (nSPS) is 25.1. The standard InChI is InChI=1S/C7H11N5O3/c1-2-7(3-9-12-5(8)14)4(13)10-6(15)11-7/h3H,2H2,1H3,(H3,8,12,14)(H2,10,11,13,15)/b9-3-/t7-/m1/s1. The topological polar surface area (TPSA) is 126 Å². The zero-order chi connectivity index (χ0) is 11.5. The number of carbonyl (C=O) groups is 3. The molecule has 0 aromatic heterocycles. The number of carbonyl (C=O) groups excluding carboxylic acids is 3. The Labute approximate surface area is 85.3 Å². The summed E-state index contributed by atoms with van der Waals surface area (Å²) >= 11 is 0. The lowest BCUT2D eigenvalue weighted by Crippen LogP contribution is -2.48. The Bertz CT molecular complexity index is 340. The third kappa shape index (κ3) is 2.22. The summed E-state index contributed by atoms with van der Waals surface area (Å²) in [6.07, 6.45) is 1.45. The highest BCUT2D eigenvalue weighted by molar-refractivity contribution is 6.16. The highest BCUT2D eigenvalue weighted by Crippen LogP contribution is 2.12. The van der Waals surface area contributed by atoms with Crippen LogP contribution in [0, 0.1) is 0 Å². The minimum Gasteiger partial charge on any atom is -0.350 e. The van der Waals surface area contributed by atoms with E-state index in [0.717, 1.165) is 6.21 Å². The van der Waals surface area contributed by atoms with Crippen molar-refractivity contribution in [1.29, 1.82) is 0 Å². The average molecular weight is 213 g/mol. The quantitative estimate of drug-likeness (QED) is 0.262. The number of rotatable bonds is 3. The van der Waals surface area contributed by atoms with Crippen molar-refractivity contribution < 1.29 is 14.4 Å². The number of primary amides is 1. The van der Waals surface area contributed by atoms with E-state index >= 15 is 0 Å². The van der Waals surface area contributed by atoms with Gasteiger partial charge in [-0.05, 0) is 6.42 Å². The van der Waals surface area contributed by atoms with Crippen molar-refractivity contribution in [2.24, 2.45) is 10.8 Å². The molecule has 0 aromatic rings. The minimum atomic E-state index is -1.21. The number of hydrogen-bond donors (Lipinski definition) is 4. The maximum absolute atomic E-state index is 11.4. The van der Waals surface area contributed by atoms with Gasteiger partial charge in [-0.3, -0.25) is 10.1 Å². The summed E-state index contributed by atoms with van der Waals surface area (Å²) in [5.41, 5.74) is 5.51. The Morgan fingerprint density at radius 1 is 1.67 bits per heavy atom. The van der Waals surface area contributed by atoms with Crippen LogP contribution in [0.15, 0.2) is 5.10 Å². The molecule has 1 rings (SSSR count). The fraction of sp³-hybridized carbons (Fsp3) is 0.429. The first-order chi connectivity index (χ1) is 7.00. The van der Waals surface area contributed by atoms with Gasteiger partial charge in [0.25, 0.3) is 5.91 Å². The predicted molar refractivity (Wildman–Crippen MR) is 50.9 cm³/mol. The third-order valence-electron chi connectivity index (χ3n) is 1.99. The van der Waals surface area contributed by atoms with Gasteiger partial charge < -0.3 is 11.1 Å². The number of nitrogens with zero attached hydrogens (tertiary/aromatic N) is 1. The van der Waals surface area contributed by atoms with Gasteiger partial charge in [0.1, 0.15) is 0 Å². The molecule has 1 atom stereocenters. The third-order valence-corrected chi connectivity index (χ3v) is 1.99. The fourth-order valence-corrected chi connectivity index (χ4v) is 1.14. The van der Waals surface area contributed by atoms with Crippen molar-refractivity contribution in [3.05, 3.63) is 0 Å². The van der Waals surface area contributed by atoms with Gasteiger partial charge in [0.2, 0.25) is 0 Å². The van der Waals surface area contributed by atoms with Crippen LogP contribution in [0.3, 0.4) is 0 Å². The summed E-state index contributed by atoms with van der Waals surface area (Å²) in [6.45, 7) is 1.70. The summed E-state index contributed by atoms with van der Waals surface area (Å²) in [7, 11) is 0. The summed E-state index contributed by atoms with van der Waals surface area (Å²) < 4.78 is 0. The highest BCUT2D eigenvalue weighted by atomic mass is 16.2. The lowest BCUT2D eigenvalue weighted by molar-refractivity contribution is -0.121.